The van der Waals surface area contributed by atoms with Crippen LogP contribution in [0.2, 0.25) is 5.02 Å². The summed E-state index contributed by atoms with van der Waals surface area (Å²) in [5.41, 5.74) is 2.59. The van der Waals surface area contributed by atoms with Gasteiger partial charge in [0.2, 0.25) is 5.95 Å². The van der Waals surface area contributed by atoms with Crippen LogP contribution in [0.5, 0.6) is 0 Å². The third kappa shape index (κ3) is 4.95. The summed E-state index contributed by atoms with van der Waals surface area (Å²) >= 11 is 6.02. The second-order valence-electron chi connectivity index (χ2n) is 5.74. The van der Waals surface area contributed by atoms with Gasteiger partial charge >= 0.3 is 5.97 Å². The molecule has 0 unspecified atom stereocenters. The van der Waals surface area contributed by atoms with Gasteiger partial charge in [-0.25, -0.2) is 9.78 Å². The van der Waals surface area contributed by atoms with Gasteiger partial charge in [0.05, 0.1) is 17.9 Å². The molecule has 7 heteroatoms. The largest absolute Gasteiger partial charge is 0.462 e. The fraction of sp³-hybridized carbons (Fsp3) is 0.150. The summed E-state index contributed by atoms with van der Waals surface area (Å²) in [4.78, 5) is 21.0. The second kappa shape index (κ2) is 8.51. The Hall–Kier alpha value is -3.12. The van der Waals surface area contributed by atoms with Gasteiger partial charge in [0, 0.05) is 22.5 Å². The Balaban J connectivity index is 1.86. The number of ether oxygens (including phenoxy) is 1. The number of benzene rings is 2. The van der Waals surface area contributed by atoms with Crippen LogP contribution >= 0.6 is 11.6 Å². The molecule has 0 aliphatic carbocycles. The molecule has 3 rings (SSSR count). The molecular weight excluding hydrogens is 364 g/mol. The van der Waals surface area contributed by atoms with Gasteiger partial charge in [-0.05, 0) is 44.2 Å². The predicted molar refractivity (Wildman–Crippen MR) is 107 cm³/mol. The highest BCUT2D eigenvalue weighted by atomic mass is 35.5. The van der Waals surface area contributed by atoms with E-state index in [9.17, 15) is 4.79 Å². The number of hydrogen-bond donors (Lipinski definition) is 2. The van der Waals surface area contributed by atoms with Crippen LogP contribution in [0.1, 0.15) is 23.0 Å². The van der Waals surface area contributed by atoms with E-state index in [1.807, 2.05) is 37.3 Å². The van der Waals surface area contributed by atoms with Crippen molar-refractivity contribution in [3.63, 3.8) is 0 Å². The molecule has 0 radical (unpaired) electrons. The van der Waals surface area contributed by atoms with E-state index in [2.05, 4.69) is 20.6 Å². The molecule has 0 saturated carbocycles. The minimum absolute atomic E-state index is 0.307. The number of esters is 1. The lowest BCUT2D eigenvalue weighted by Crippen LogP contribution is -2.09. The van der Waals surface area contributed by atoms with Crippen LogP contribution in [0.3, 0.4) is 0 Å². The molecule has 1 aromatic heterocycles. The van der Waals surface area contributed by atoms with E-state index in [-0.39, 0.29) is 0 Å². The number of anilines is 4. The van der Waals surface area contributed by atoms with Crippen molar-refractivity contribution in [3.8, 4) is 0 Å². The number of carbonyl (C=O) groups is 1. The monoisotopic (exact) mass is 382 g/mol. The van der Waals surface area contributed by atoms with Gasteiger partial charge in [-0.3, -0.25) is 0 Å². The van der Waals surface area contributed by atoms with Gasteiger partial charge < -0.3 is 15.4 Å². The van der Waals surface area contributed by atoms with Crippen LogP contribution in [-0.2, 0) is 4.74 Å². The molecular formula is C20H19ClN4O2. The van der Waals surface area contributed by atoms with Crippen molar-refractivity contribution in [2.75, 3.05) is 17.2 Å². The zero-order valence-electron chi connectivity index (χ0n) is 15.0. The lowest BCUT2D eigenvalue weighted by molar-refractivity contribution is 0.0527. The maximum atomic E-state index is 12.1. The maximum absolute atomic E-state index is 12.1. The Bertz CT molecular complexity index is 962. The number of hydrogen-bond acceptors (Lipinski definition) is 6. The Morgan fingerprint density at radius 3 is 2.67 bits per heavy atom. The lowest BCUT2D eigenvalue weighted by atomic mass is 10.2. The Kier molecular flexibility index (Phi) is 5.88. The smallest absolute Gasteiger partial charge is 0.340 e. The summed E-state index contributed by atoms with van der Waals surface area (Å²) in [5, 5.41) is 6.94. The summed E-state index contributed by atoms with van der Waals surface area (Å²) in [6, 6.07) is 16.3. The molecule has 0 spiro atoms. The molecule has 27 heavy (non-hydrogen) atoms. The van der Waals surface area contributed by atoms with E-state index in [4.69, 9.17) is 16.3 Å². The standard InChI is InChI=1S/C20H19ClN4O2/c1-3-27-19(26)16-9-4-5-10-17(16)24-20-22-13(2)11-18(25-20)23-15-8-6-7-14(21)12-15/h4-12H,3H2,1-2H3,(H2,22,23,24,25). The van der Waals surface area contributed by atoms with Crippen LogP contribution in [0, 0.1) is 6.92 Å². The quantitative estimate of drug-likeness (QED) is 0.577. The molecule has 138 valence electrons. The van der Waals surface area contributed by atoms with E-state index in [1.54, 1.807) is 31.2 Å². The zero-order valence-corrected chi connectivity index (χ0v) is 15.7. The van der Waals surface area contributed by atoms with Gasteiger partial charge in [0.25, 0.3) is 0 Å². The van der Waals surface area contributed by atoms with Crippen molar-refractivity contribution in [2.45, 2.75) is 13.8 Å². The SMILES string of the molecule is CCOC(=O)c1ccccc1Nc1nc(C)cc(Nc2cccc(Cl)c2)n1. The molecule has 0 aliphatic heterocycles. The molecule has 0 atom stereocenters. The summed E-state index contributed by atoms with van der Waals surface area (Å²) in [7, 11) is 0. The van der Waals surface area contributed by atoms with Crippen LogP contribution < -0.4 is 10.6 Å². The molecule has 0 bridgehead atoms. The summed E-state index contributed by atoms with van der Waals surface area (Å²) in [5.74, 6) is 0.586. The van der Waals surface area contributed by atoms with Gasteiger partial charge in [-0.1, -0.05) is 29.8 Å². The van der Waals surface area contributed by atoms with Gasteiger partial charge in [-0.2, -0.15) is 4.98 Å². The Morgan fingerprint density at radius 2 is 1.89 bits per heavy atom. The topological polar surface area (TPSA) is 76.1 Å². The lowest BCUT2D eigenvalue weighted by Gasteiger charge is -2.12. The number of nitrogens with zero attached hydrogens (tertiary/aromatic N) is 2. The number of rotatable bonds is 6. The predicted octanol–water partition coefficient (Wildman–Crippen LogP) is 5.10. The summed E-state index contributed by atoms with van der Waals surface area (Å²) < 4.78 is 5.10. The van der Waals surface area contributed by atoms with Crippen molar-refractivity contribution in [1.29, 1.82) is 0 Å². The number of aryl methyl sites for hydroxylation is 1. The number of para-hydroxylation sites is 1. The molecule has 0 amide bonds. The second-order valence-corrected chi connectivity index (χ2v) is 6.18. The van der Waals surface area contributed by atoms with Crippen LogP contribution in [-0.4, -0.2) is 22.5 Å². The van der Waals surface area contributed by atoms with Crippen molar-refractivity contribution in [3.05, 3.63) is 70.9 Å². The van der Waals surface area contributed by atoms with E-state index < -0.39 is 5.97 Å². The summed E-state index contributed by atoms with van der Waals surface area (Å²) in [6.45, 7) is 3.94. The third-order valence-electron chi connectivity index (χ3n) is 3.62. The average molecular weight is 383 g/mol. The van der Waals surface area contributed by atoms with Crippen molar-refractivity contribution >= 4 is 40.7 Å². The zero-order chi connectivity index (χ0) is 19.2. The van der Waals surface area contributed by atoms with E-state index in [0.717, 1.165) is 11.4 Å². The van der Waals surface area contributed by atoms with Crippen molar-refractivity contribution < 1.29 is 9.53 Å². The van der Waals surface area contributed by atoms with Gasteiger partial charge in [0.15, 0.2) is 0 Å². The van der Waals surface area contributed by atoms with E-state index in [1.165, 1.54) is 0 Å². The van der Waals surface area contributed by atoms with E-state index in [0.29, 0.717) is 34.6 Å². The first-order chi connectivity index (χ1) is 13.0. The third-order valence-corrected chi connectivity index (χ3v) is 3.86. The number of halogens is 1. The maximum Gasteiger partial charge on any atom is 0.340 e. The molecule has 3 aromatic rings. The fourth-order valence-electron chi connectivity index (χ4n) is 2.50. The van der Waals surface area contributed by atoms with Crippen molar-refractivity contribution in [2.24, 2.45) is 0 Å². The first-order valence-corrected chi connectivity index (χ1v) is 8.84. The highest BCUT2D eigenvalue weighted by molar-refractivity contribution is 6.30. The van der Waals surface area contributed by atoms with Crippen molar-refractivity contribution in [1.82, 2.24) is 9.97 Å². The number of nitrogens with one attached hydrogen (secondary N) is 2. The number of aromatic nitrogens is 2. The molecule has 6 nitrogen and oxygen atoms in total. The van der Waals surface area contributed by atoms with Gasteiger partial charge in [0.1, 0.15) is 5.82 Å². The molecule has 0 aliphatic rings. The highest BCUT2D eigenvalue weighted by Gasteiger charge is 2.13. The van der Waals surface area contributed by atoms with Crippen LogP contribution in [0.25, 0.3) is 0 Å². The first-order valence-electron chi connectivity index (χ1n) is 8.46. The molecule has 2 aromatic carbocycles. The highest BCUT2D eigenvalue weighted by Crippen LogP contribution is 2.23. The minimum Gasteiger partial charge on any atom is -0.462 e. The van der Waals surface area contributed by atoms with Crippen LogP contribution in [0.15, 0.2) is 54.6 Å². The van der Waals surface area contributed by atoms with Gasteiger partial charge in [-0.15, -0.1) is 0 Å². The Labute approximate surface area is 162 Å². The summed E-state index contributed by atoms with van der Waals surface area (Å²) in [6.07, 6.45) is 0. The normalized spacial score (nSPS) is 10.3. The average Bonchev–Trinajstić information content (AvgIpc) is 2.62. The molecule has 1 heterocycles. The molecule has 2 N–H and O–H groups in total. The molecule has 0 fully saturated rings. The minimum atomic E-state index is -0.398. The van der Waals surface area contributed by atoms with Crippen LogP contribution in [0.4, 0.5) is 23.1 Å². The van der Waals surface area contributed by atoms with E-state index >= 15 is 0 Å². The fourth-order valence-corrected chi connectivity index (χ4v) is 2.69. The molecule has 0 saturated heterocycles. The Morgan fingerprint density at radius 1 is 1.07 bits per heavy atom. The number of carbonyl (C=O) groups excluding carboxylic acids is 1. The first kappa shape index (κ1) is 18.7.